The van der Waals surface area contributed by atoms with Crippen molar-refractivity contribution in [3.63, 3.8) is 0 Å². The van der Waals surface area contributed by atoms with Gasteiger partial charge >= 0.3 is 0 Å². The number of allylic oxidation sites excluding steroid dienone is 1. The first-order chi connectivity index (χ1) is 8.72. The van der Waals surface area contributed by atoms with E-state index < -0.39 is 0 Å². The zero-order valence-corrected chi connectivity index (χ0v) is 15.7. The third-order valence-electron chi connectivity index (χ3n) is 4.45. The minimum Gasteiger partial charge on any atom is -0.300 e. The van der Waals surface area contributed by atoms with E-state index in [1.165, 1.54) is 30.6 Å². The molecular formula is C16H22BSY-. The van der Waals surface area contributed by atoms with Gasteiger partial charge in [0.05, 0.1) is 0 Å². The molecule has 19 heavy (non-hydrogen) atoms. The second-order valence-electron chi connectivity index (χ2n) is 5.73. The molecule has 0 spiro atoms. The van der Waals surface area contributed by atoms with Crippen molar-refractivity contribution in [2.24, 2.45) is 23.7 Å². The Kier molecular flexibility index (Phi) is 8.18. The standard InChI is InChI=1S/C16H22BS.Y/c1-12-11-13(2)16(8-9-17)15(12)7-3-5-14-6-4-10-18-14;/h4,6,8-9,12-13,15-16H,3,5,7,11H2,1-2H3;/q-1;. The summed E-state index contributed by atoms with van der Waals surface area (Å²) in [5.41, 5.74) is 0. The van der Waals surface area contributed by atoms with Gasteiger partial charge < -0.3 is 11.3 Å². The van der Waals surface area contributed by atoms with Gasteiger partial charge in [-0.3, -0.25) is 0 Å². The predicted octanol–water partition coefficient (Wildman–Crippen LogP) is 4.46. The second kappa shape index (κ2) is 8.80. The Morgan fingerprint density at radius 3 is 2.84 bits per heavy atom. The molecule has 4 unspecified atom stereocenters. The Labute approximate surface area is 148 Å². The number of aryl methyl sites for hydroxylation is 1. The van der Waals surface area contributed by atoms with E-state index in [9.17, 15) is 0 Å². The van der Waals surface area contributed by atoms with E-state index >= 15 is 0 Å². The molecule has 2 rings (SSSR count). The van der Waals surface area contributed by atoms with Crippen LogP contribution in [0.1, 0.15) is 38.0 Å². The molecule has 1 aromatic heterocycles. The van der Waals surface area contributed by atoms with E-state index in [4.69, 9.17) is 7.85 Å². The molecule has 1 aliphatic rings. The molecule has 0 aromatic carbocycles. The molecule has 3 heteroatoms. The number of hydrogen-bond acceptors (Lipinski definition) is 1. The monoisotopic (exact) mass is 346 g/mol. The third kappa shape index (κ3) is 4.83. The van der Waals surface area contributed by atoms with Crippen molar-refractivity contribution < 1.29 is 32.7 Å². The summed E-state index contributed by atoms with van der Waals surface area (Å²) < 4.78 is 0. The number of rotatable bonds is 5. The van der Waals surface area contributed by atoms with Crippen LogP contribution in [-0.2, 0) is 39.1 Å². The minimum atomic E-state index is 0. The summed E-state index contributed by atoms with van der Waals surface area (Å²) in [6, 6.07) is 4.23. The second-order valence-corrected chi connectivity index (χ2v) is 6.69. The Balaban J connectivity index is 0.00000180. The summed E-state index contributed by atoms with van der Waals surface area (Å²) in [5, 5.41) is 3.17. The van der Waals surface area contributed by atoms with E-state index in [1.54, 1.807) is 17.3 Å². The summed E-state index contributed by atoms with van der Waals surface area (Å²) in [6.07, 6.45) is 7.43. The average molecular weight is 346 g/mol. The van der Waals surface area contributed by atoms with Crippen molar-refractivity contribution in [2.45, 2.75) is 39.5 Å². The summed E-state index contributed by atoms with van der Waals surface area (Å²) in [6.45, 7) is 4.78. The normalized spacial score (nSPS) is 30.6. The van der Waals surface area contributed by atoms with Gasteiger partial charge in [-0.1, -0.05) is 39.2 Å². The van der Waals surface area contributed by atoms with Gasteiger partial charge in [-0.05, 0) is 30.1 Å². The maximum absolute atomic E-state index is 5.60. The molecule has 4 atom stereocenters. The quantitative estimate of drug-likeness (QED) is 0.546. The van der Waals surface area contributed by atoms with Crippen LogP contribution >= 0.6 is 11.3 Å². The van der Waals surface area contributed by atoms with Gasteiger partial charge in [0.2, 0.25) is 0 Å². The molecule has 0 nitrogen and oxygen atoms in total. The van der Waals surface area contributed by atoms with Crippen molar-refractivity contribution in [2.75, 3.05) is 0 Å². The van der Waals surface area contributed by atoms with Crippen LogP contribution in [0.3, 0.4) is 0 Å². The molecule has 1 aromatic rings. The van der Waals surface area contributed by atoms with Gasteiger partial charge in [0.15, 0.2) is 0 Å². The number of thiophene rings is 1. The maximum atomic E-state index is 5.60. The third-order valence-corrected chi connectivity index (χ3v) is 5.30. The van der Waals surface area contributed by atoms with Crippen LogP contribution in [0.4, 0.5) is 0 Å². The first kappa shape index (κ1) is 17.7. The molecular weight excluding hydrogens is 324 g/mol. The minimum absolute atomic E-state index is 0. The van der Waals surface area contributed by atoms with Crippen LogP contribution in [-0.4, -0.2) is 7.85 Å². The summed E-state index contributed by atoms with van der Waals surface area (Å²) in [4.78, 5) is 1.47. The van der Waals surface area contributed by atoms with Crippen molar-refractivity contribution in [3.05, 3.63) is 34.4 Å². The fourth-order valence-electron chi connectivity index (χ4n) is 3.57. The summed E-state index contributed by atoms with van der Waals surface area (Å²) >= 11 is 1.76. The van der Waals surface area contributed by atoms with Crippen LogP contribution in [0.25, 0.3) is 0 Å². The van der Waals surface area contributed by atoms with E-state index in [0.717, 1.165) is 17.8 Å². The van der Waals surface area contributed by atoms with E-state index in [0.29, 0.717) is 5.92 Å². The van der Waals surface area contributed by atoms with Gasteiger partial charge in [0, 0.05) is 32.7 Å². The topological polar surface area (TPSA) is 0 Å². The molecule has 0 aliphatic heterocycles. The molecule has 0 saturated heterocycles. The molecule has 0 amide bonds. The zero-order valence-electron chi connectivity index (χ0n) is 12.0. The Morgan fingerprint density at radius 2 is 2.21 bits per heavy atom. The smallest absolute Gasteiger partial charge is 0.102 e. The zero-order chi connectivity index (χ0) is 13.0. The predicted molar refractivity (Wildman–Crippen MR) is 80.9 cm³/mol. The van der Waals surface area contributed by atoms with Gasteiger partial charge in [-0.15, -0.1) is 16.2 Å². The van der Waals surface area contributed by atoms with Crippen LogP contribution in [0, 0.1) is 29.1 Å². The molecule has 1 heterocycles. The van der Waals surface area contributed by atoms with Gasteiger partial charge in [0.1, 0.15) is 7.85 Å². The molecule has 99 valence electrons. The van der Waals surface area contributed by atoms with E-state index in [-0.39, 0.29) is 32.7 Å². The van der Waals surface area contributed by atoms with Crippen molar-refractivity contribution in [1.29, 1.82) is 0 Å². The summed E-state index contributed by atoms with van der Waals surface area (Å²) in [5.74, 6) is 4.90. The first-order valence-electron chi connectivity index (χ1n) is 7.05. The van der Waals surface area contributed by atoms with Crippen LogP contribution in [0.5, 0.6) is 0 Å². The van der Waals surface area contributed by atoms with Crippen LogP contribution in [0.2, 0.25) is 0 Å². The molecule has 1 fully saturated rings. The summed E-state index contributed by atoms with van der Waals surface area (Å²) in [7, 11) is 5.60. The van der Waals surface area contributed by atoms with Gasteiger partial charge in [-0.2, -0.15) is 6.07 Å². The average Bonchev–Trinajstić information content (AvgIpc) is 2.92. The SMILES string of the molecule is [B]C=CC1C(C)CC(C)C1CCCc1cc[c-]s1.[Y]. The molecule has 0 N–H and O–H groups in total. The fraction of sp³-hybridized carbons (Fsp3) is 0.625. The van der Waals surface area contributed by atoms with E-state index in [1.807, 2.05) is 6.07 Å². The van der Waals surface area contributed by atoms with E-state index in [2.05, 4.69) is 31.4 Å². The Hall–Kier alpha value is 0.609. The molecule has 1 aliphatic carbocycles. The van der Waals surface area contributed by atoms with Crippen molar-refractivity contribution in [3.8, 4) is 0 Å². The van der Waals surface area contributed by atoms with Crippen LogP contribution < -0.4 is 0 Å². The Bertz CT molecular complexity index is 374. The van der Waals surface area contributed by atoms with Gasteiger partial charge in [0.25, 0.3) is 0 Å². The Morgan fingerprint density at radius 1 is 1.42 bits per heavy atom. The van der Waals surface area contributed by atoms with Crippen molar-refractivity contribution >= 4 is 19.2 Å². The largest absolute Gasteiger partial charge is 0.300 e. The maximum Gasteiger partial charge on any atom is 0.102 e. The van der Waals surface area contributed by atoms with Gasteiger partial charge in [-0.25, -0.2) is 6.07 Å². The molecule has 1 saturated carbocycles. The number of hydrogen-bond donors (Lipinski definition) is 0. The van der Waals surface area contributed by atoms with Crippen LogP contribution in [0.15, 0.2) is 24.2 Å². The fourth-order valence-corrected chi connectivity index (χ4v) is 4.24. The molecule has 3 radical (unpaired) electrons. The van der Waals surface area contributed by atoms with Crippen molar-refractivity contribution in [1.82, 2.24) is 0 Å². The first-order valence-corrected chi connectivity index (χ1v) is 7.87. The molecule has 0 bridgehead atoms.